The minimum Gasteiger partial charge on any atom is -0.381 e. The van der Waals surface area contributed by atoms with Crippen molar-refractivity contribution in [1.29, 1.82) is 0 Å². The molecule has 4 heteroatoms. The molecule has 0 bridgehead atoms. The highest BCUT2D eigenvalue weighted by molar-refractivity contribution is 5.48. The summed E-state index contributed by atoms with van der Waals surface area (Å²) in [6, 6.07) is 0.505. The fourth-order valence-corrected chi connectivity index (χ4v) is 3.32. The number of methoxy groups -OCH3 is 1. The summed E-state index contributed by atoms with van der Waals surface area (Å²) in [5, 5.41) is 3.64. The Morgan fingerprint density at radius 2 is 2.00 bits per heavy atom. The maximum atomic E-state index is 5.44. The van der Waals surface area contributed by atoms with Crippen LogP contribution in [0.15, 0.2) is 0 Å². The molecule has 2 unspecified atom stereocenters. The molecule has 1 heterocycles. The van der Waals surface area contributed by atoms with Gasteiger partial charge in [0.1, 0.15) is 11.6 Å². The second-order valence-corrected chi connectivity index (χ2v) is 5.76. The number of nitrogens with zero attached hydrogens (tertiary/aromatic N) is 2. The predicted molar refractivity (Wildman–Crippen MR) is 75.5 cm³/mol. The van der Waals surface area contributed by atoms with Crippen LogP contribution in [0, 0.1) is 6.92 Å². The Morgan fingerprint density at radius 1 is 1.16 bits per heavy atom. The number of aromatic nitrogens is 2. The highest BCUT2D eigenvalue weighted by Crippen LogP contribution is 2.29. The van der Waals surface area contributed by atoms with Gasteiger partial charge >= 0.3 is 0 Å². The Hall–Kier alpha value is -1.16. The molecule has 104 valence electrons. The number of anilines is 1. The lowest BCUT2D eigenvalue weighted by atomic mass is 9.96. The van der Waals surface area contributed by atoms with Gasteiger partial charge in [0.05, 0.1) is 6.10 Å². The van der Waals surface area contributed by atoms with Crippen molar-refractivity contribution in [3.63, 3.8) is 0 Å². The Labute approximate surface area is 115 Å². The first kappa shape index (κ1) is 12.9. The number of rotatable bonds is 3. The van der Waals surface area contributed by atoms with Gasteiger partial charge in [-0.3, -0.25) is 0 Å². The second kappa shape index (κ2) is 5.45. The highest BCUT2D eigenvalue weighted by Gasteiger charge is 2.26. The maximum absolute atomic E-state index is 5.44. The Balaban J connectivity index is 1.79. The molecule has 1 aromatic rings. The predicted octanol–water partition coefficient (Wildman–Crippen LogP) is 2.64. The van der Waals surface area contributed by atoms with Crippen LogP contribution in [0.5, 0.6) is 0 Å². The van der Waals surface area contributed by atoms with E-state index in [1.807, 2.05) is 14.0 Å². The molecule has 1 N–H and O–H groups in total. The Bertz CT molecular complexity index is 461. The first-order valence-corrected chi connectivity index (χ1v) is 7.42. The van der Waals surface area contributed by atoms with E-state index >= 15 is 0 Å². The molecule has 4 nitrogen and oxygen atoms in total. The third-order valence-electron chi connectivity index (χ3n) is 4.35. The van der Waals surface area contributed by atoms with Gasteiger partial charge in [-0.25, -0.2) is 9.97 Å². The van der Waals surface area contributed by atoms with Crippen LogP contribution in [0.2, 0.25) is 0 Å². The molecule has 0 spiro atoms. The molecule has 0 saturated heterocycles. The number of hydrogen-bond acceptors (Lipinski definition) is 4. The van der Waals surface area contributed by atoms with E-state index < -0.39 is 0 Å². The van der Waals surface area contributed by atoms with E-state index in [-0.39, 0.29) is 0 Å². The first-order valence-electron chi connectivity index (χ1n) is 7.42. The van der Waals surface area contributed by atoms with Gasteiger partial charge in [-0.1, -0.05) is 0 Å². The Kier molecular flexibility index (Phi) is 3.69. The van der Waals surface area contributed by atoms with Gasteiger partial charge in [-0.2, -0.15) is 0 Å². The van der Waals surface area contributed by atoms with Crippen LogP contribution in [0.25, 0.3) is 0 Å². The molecule has 19 heavy (non-hydrogen) atoms. The van der Waals surface area contributed by atoms with E-state index in [4.69, 9.17) is 4.74 Å². The van der Waals surface area contributed by atoms with Crippen molar-refractivity contribution in [2.24, 2.45) is 0 Å². The van der Waals surface area contributed by atoms with Gasteiger partial charge in [0.15, 0.2) is 0 Å². The van der Waals surface area contributed by atoms with Gasteiger partial charge in [0.2, 0.25) is 0 Å². The lowest BCUT2D eigenvalue weighted by Gasteiger charge is -2.21. The van der Waals surface area contributed by atoms with Gasteiger partial charge in [-0.15, -0.1) is 0 Å². The van der Waals surface area contributed by atoms with E-state index in [1.165, 1.54) is 30.5 Å². The lowest BCUT2D eigenvalue weighted by Crippen LogP contribution is -2.21. The van der Waals surface area contributed by atoms with Gasteiger partial charge in [0, 0.05) is 24.4 Å². The molecular formula is C15H23N3O. The molecule has 0 aromatic carbocycles. The summed E-state index contributed by atoms with van der Waals surface area (Å²) in [6.07, 6.45) is 8.59. The zero-order valence-electron chi connectivity index (χ0n) is 11.9. The van der Waals surface area contributed by atoms with Crippen molar-refractivity contribution in [3.05, 3.63) is 17.1 Å². The molecule has 2 aliphatic rings. The Morgan fingerprint density at radius 3 is 2.79 bits per heavy atom. The van der Waals surface area contributed by atoms with E-state index in [9.17, 15) is 0 Å². The van der Waals surface area contributed by atoms with Crippen LogP contribution < -0.4 is 5.32 Å². The third kappa shape index (κ3) is 2.73. The van der Waals surface area contributed by atoms with Gasteiger partial charge in [0.25, 0.3) is 0 Å². The topological polar surface area (TPSA) is 47.0 Å². The van der Waals surface area contributed by atoms with E-state index in [1.54, 1.807) is 0 Å². The van der Waals surface area contributed by atoms with Gasteiger partial charge < -0.3 is 10.1 Å². The smallest absolute Gasteiger partial charge is 0.133 e. The zero-order valence-corrected chi connectivity index (χ0v) is 11.9. The molecular weight excluding hydrogens is 238 g/mol. The quantitative estimate of drug-likeness (QED) is 0.908. The van der Waals surface area contributed by atoms with Crippen molar-refractivity contribution in [2.75, 3.05) is 12.4 Å². The average molecular weight is 261 g/mol. The minimum absolute atomic E-state index is 0.413. The number of aryl methyl sites for hydroxylation is 2. The van der Waals surface area contributed by atoms with Crippen LogP contribution in [0.3, 0.4) is 0 Å². The summed E-state index contributed by atoms with van der Waals surface area (Å²) >= 11 is 0. The fourth-order valence-electron chi connectivity index (χ4n) is 3.32. The lowest BCUT2D eigenvalue weighted by molar-refractivity contribution is 0.108. The van der Waals surface area contributed by atoms with Crippen LogP contribution >= 0.6 is 0 Å². The maximum Gasteiger partial charge on any atom is 0.133 e. The van der Waals surface area contributed by atoms with E-state index in [0.717, 1.165) is 37.3 Å². The standard InChI is InChI=1S/C15H23N3O/c1-10-16-14-6-4-3-5-13(14)15(17-10)18-11-7-8-12(9-11)19-2/h11-12H,3-9H2,1-2H3,(H,16,17,18). The number of hydrogen-bond donors (Lipinski definition) is 1. The first-order chi connectivity index (χ1) is 9.26. The second-order valence-electron chi connectivity index (χ2n) is 5.76. The molecule has 0 aliphatic heterocycles. The van der Waals surface area contributed by atoms with E-state index in [2.05, 4.69) is 15.3 Å². The normalized spacial score (nSPS) is 26.2. The summed E-state index contributed by atoms with van der Waals surface area (Å²) < 4.78 is 5.44. The van der Waals surface area contributed by atoms with Crippen molar-refractivity contribution < 1.29 is 4.74 Å². The number of ether oxygens (including phenoxy) is 1. The average Bonchev–Trinajstić information content (AvgIpc) is 2.86. The summed E-state index contributed by atoms with van der Waals surface area (Å²) in [4.78, 5) is 9.24. The molecule has 1 saturated carbocycles. The van der Waals surface area contributed by atoms with Crippen LogP contribution in [0.1, 0.15) is 49.2 Å². The summed E-state index contributed by atoms with van der Waals surface area (Å²) in [5.74, 6) is 1.98. The van der Waals surface area contributed by atoms with Crippen molar-refractivity contribution in [1.82, 2.24) is 9.97 Å². The highest BCUT2D eigenvalue weighted by atomic mass is 16.5. The molecule has 0 radical (unpaired) electrons. The zero-order chi connectivity index (χ0) is 13.2. The van der Waals surface area contributed by atoms with Crippen molar-refractivity contribution in [3.8, 4) is 0 Å². The third-order valence-corrected chi connectivity index (χ3v) is 4.35. The number of nitrogens with one attached hydrogen (secondary N) is 1. The van der Waals surface area contributed by atoms with Crippen molar-refractivity contribution in [2.45, 2.75) is 64.0 Å². The number of fused-ring (bicyclic) bond motifs is 1. The van der Waals surface area contributed by atoms with Gasteiger partial charge in [-0.05, 0) is 51.9 Å². The molecule has 2 atom stereocenters. The monoisotopic (exact) mass is 261 g/mol. The largest absolute Gasteiger partial charge is 0.381 e. The molecule has 3 rings (SSSR count). The molecule has 1 aromatic heterocycles. The minimum atomic E-state index is 0.413. The van der Waals surface area contributed by atoms with Crippen LogP contribution in [-0.4, -0.2) is 29.2 Å². The summed E-state index contributed by atoms with van der Waals surface area (Å²) in [5.41, 5.74) is 2.63. The van der Waals surface area contributed by atoms with E-state index in [0.29, 0.717) is 12.1 Å². The summed E-state index contributed by atoms with van der Waals surface area (Å²) in [7, 11) is 1.81. The van der Waals surface area contributed by atoms with Crippen LogP contribution in [0.4, 0.5) is 5.82 Å². The fraction of sp³-hybridized carbons (Fsp3) is 0.733. The molecule has 2 aliphatic carbocycles. The summed E-state index contributed by atoms with van der Waals surface area (Å²) in [6.45, 7) is 1.99. The SMILES string of the molecule is COC1CCC(Nc2nc(C)nc3c2CCCC3)C1. The van der Waals surface area contributed by atoms with Crippen molar-refractivity contribution >= 4 is 5.82 Å². The molecule has 0 amide bonds. The molecule has 1 fully saturated rings. The van der Waals surface area contributed by atoms with Crippen LogP contribution in [-0.2, 0) is 17.6 Å².